The lowest BCUT2D eigenvalue weighted by molar-refractivity contribution is -0.175. The molecular formula is C25H42O4. The Hall–Kier alpha value is -0.610. The molecule has 166 valence electrons. The summed E-state index contributed by atoms with van der Waals surface area (Å²) in [7, 11) is 1.46. The summed E-state index contributed by atoms with van der Waals surface area (Å²) in [5.74, 6) is 3.36. The highest BCUT2D eigenvalue weighted by Crippen LogP contribution is 2.68. The Bertz CT molecular complexity index is 620. The first kappa shape index (κ1) is 21.6. The average molecular weight is 407 g/mol. The minimum absolute atomic E-state index is 0.0198. The number of esters is 1. The van der Waals surface area contributed by atoms with Gasteiger partial charge in [-0.3, -0.25) is 4.79 Å². The van der Waals surface area contributed by atoms with Crippen LogP contribution in [0.1, 0.15) is 85.0 Å². The lowest BCUT2D eigenvalue weighted by Gasteiger charge is -2.62. The van der Waals surface area contributed by atoms with E-state index in [-0.39, 0.29) is 23.6 Å². The fourth-order valence-corrected chi connectivity index (χ4v) is 8.81. The van der Waals surface area contributed by atoms with E-state index in [2.05, 4.69) is 20.8 Å². The summed E-state index contributed by atoms with van der Waals surface area (Å²) in [6, 6.07) is 0. The van der Waals surface area contributed by atoms with Gasteiger partial charge in [-0.25, -0.2) is 0 Å². The fourth-order valence-electron chi connectivity index (χ4n) is 8.81. The second-order valence-corrected chi connectivity index (χ2v) is 11.5. The molecule has 0 aliphatic heterocycles. The number of aliphatic hydroxyl groups excluding tert-OH is 2. The molecule has 0 spiro atoms. The molecule has 29 heavy (non-hydrogen) atoms. The average Bonchev–Trinajstić information content (AvgIpc) is 3.06. The predicted molar refractivity (Wildman–Crippen MR) is 113 cm³/mol. The van der Waals surface area contributed by atoms with E-state index in [1.165, 1.54) is 32.8 Å². The number of aliphatic hydroxyl groups is 2. The third-order valence-corrected chi connectivity index (χ3v) is 10.5. The number of methoxy groups -OCH3 is 1. The van der Waals surface area contributed by atoms with Crippen molar-refractivity contribution in [3.8, 4) is 0 Å². The summed E-state index contributed by atoms with van der Waals surface area (Å²) < 4.78 is 4.85. The van der Waals surface area contributed by atoms with Gasteiger partial charge in [-0.2, -0.15) is 0 Å². The van der Waals surface area contributed by atoms with Crippen LogP contribution in [0.2, 0.25) is 0 Å². The van der Waals surface area contributed by atoms with Crippen molar-refractivity contribution in [2.24, 2.45) is 46.3 Å². The molecule has 4 aliphatic carbocycles. The molecule has 4 rings (SSSR count). The maximum Gasteiger partial charge on any atom is 0.305 e. The normalized spacial score (nSPS) is 50.2. The Balaban J connectivity index is 1.53. The van der Waals surface area contributed by atoms with Crippen LogP contribution in [0.5, 0.6) is 0 Å². The van der Waals surface area contributed by atoms with E-state index in [9.17, 15) is 15.0 Å². The van der Waals surface area contributed by atoms with Gasteiger partial charge in [0.2, 0.25) is 0 Å². The van der Waals surface area contributed by atoms with E-state index in [1.807, 2.05) is 0 Å². The first-order valence-electron chi connectivity index (χ1n) is 12.1. The summed E-state index contributed by atoms with van der Waals surface area (Å²) in [6.45, 7) is 7.12. The maximum absolute atomic E-state index is 11.6. The standard InChI is InChI=1S/C25H42O4/c1-15(5-10-23(28)29-4)19-8-9-20-18-7-6-16-13-17(26)11-12-24(16,2)21(18)14-22(27)25(19,20)3/h15-22,26-27H,5-14H2,1-4H3/t15-,16-,17-,18-,19+,20-,21-,22+,24-,25+/m0/s1. The molecular weight excluding hydrogens is 364 g/mol. The Morgan fingerprint density at radius 2 is 1.83 bits per heavy atom. The van der Waals surface area contributed by atoms with E-state index in [0.717, 1.165) is 38.0 Å². The Labute approximate surface area is 176 Å². The van der Waals surface area contributed by atoms with Gasteiger partial charge < -0.3 is 14.9 Å². The number of fused-ring (bicyclic) bond motifs is 5. The van der Waals surface area contributed by atoms with Gasteiger partial charge in [0.25, 0.3) is 0 Å². The van der Waals surface area contributed by atoms with E-state index in [1.54, 1.807) is 0 Å². The van der Waals surface area contributed by atoms with Gasteiger partial charge in [0.1, 0.15) is 0 Å². The minimum atomic E-state index is -0.246. The zero-order valence-corrected chi connectivity index (χ0v) is 18.9. The van der Waals surface area contributed by atoms with Crippen LogP contribution in [-0.4, -0.2) is 35.5 Å². The SMILES string of the molecule is COC(=O)CC[C@H](C)[C@H]1CC[C@H]2[C@@H]3CC[C@H]4C[C@@H](O)CC[C@]4(C)[C@H]3C[C@@H](O)[C@]12C. The van der Waals surface area contributed by atoms with Crippen molar-refractivity contribution in [2.75, 3.05) is 7.11 Å². The second kappa shape index (κ2) is 7.82. The molecule has 0 bridgehead atoms. The summed E-state index contributed by atoms with van der Waals surface area (Å²) >= 11 is 0. The smallest absolute Gasteiger partial charge is 0.305 e. The Morgan fingerprint density at radius 1 is 1.07 bits per heavy atom. The monoisotopic (exact) mass is 406 g/mol. The van der Waals surface area contributed by atoms with Gasteiger partial charge >= 0.3 is 5.97 Å². The minimum Gasteiger partial charge on any atom is -0.469 e. The lowest BCUT2D eigenvalue weighted by Crippen LogP contribution is -2.58. The molecule has 4 heteroatoms. The van der Waals surface area contributed by atoms with Crippen LogP contribution >= 0.6 is 0 Å². The van der Waals surface area contributed by atoms with Crippen molar-refractivity contribution >= 4 is 5.97 Å². The number of hydrogen-bond donors (Lipinski definition) is 2. The summed E-state index contributed by atoms with van der Waals surface area (Å²) in [6.07, 6.45) is 9.86. The molecule has 4 aliphatic rings. The second-order valence-electron chi connectivity index (χ2n) is 11.5. The van der Waals surface area contributed by atoms with Gasteiger partial charge in [0.15, 0.2) is 0 Å². The lowest BCUT2D eigenvalue weighted by atomic mass is 9.43. The highest BCUT2D eigenvalue weighted by molar-refractivity contribution is 5.69. The van der Waals surface area contributed by atoms with Gasteiger partial charge in [-0.1, -0.05) is 20.8 Å². The molecule has 0 unspecified atom stereocenters. The molecule has 0 amide bonds. The molecule has 0 aromatic carbocycles. The molecule has 0 radical (unpaired) electrons. The topological polar surface area (TPSA) is 66.8 Å². The molecule has 4 saturated carbocycles. The van der Waals surface area contributed by atoms with Crippen LogP contribution < -0.4 is 0 Å². The highest BCUT2D eigenvalue weighted by atomic mass is 16.5. The van der Waals surface area contributed by atoms with Crippen LogP contribution in [0.4, 0.5) is 0 Å². The van der Waals surface area contributed by atoms with E-state index >= 15 is 0 Å². The van der Waals surface area contributed by atoms with Gasteiger partial charge in [-0.05, 0) is 104 Å². The predicted octanol–water partition coefficient (Wildman–Crippen LogP) is 4.57. The number of hydrogen-bond acceptors (Lipinski definition) is 4. The molecule has 2 N–H and O–H groups in total. The number of carbonyl (C=O) groups is 1. The molecule has 10 atom stereocenters. The summed E-state index contributed by atoms with van der Waals surface area (Å²) in [5, 5.41) is 21.8. The van der Waals surface area contributed by atoms with Crippen LogP contribution in [0.3, 0.4) is 0 Å². The highest BCUT2D eigenvalue weighted by Gasteiger charge is 2.63. The van der Waals surface area contributed by atoms with Crippen LogP contribution in [0, 0.1) is 46.3 Å². The van der Waals surface area contributed by atoms with E-state index < -0.39 is 0 Å². The van der Waals surface area contributed by atoms with Crippen LogP contribution in [0.25, 0.3) is 0 Å². The van der Waals surface area contributed by atoms with Crippen molar-refractivity contribution in [2.45, 2.75) is 97.2 Å². The first-order chi connectivity index (χ1) is 13.7. The maximum atomic E-state index is 11.6. The largest absolute Gasteiger partial charge is 0.469 e. The van der Waals surface area contributed by atoms with Crippen molar-refractivity contribution in [3.63, 3.8) is 0 Å². The summed E-state index contributed by atoms with van der Waals surface area (Å²) in [4.78, 5) is 11.6. The molecule has 4 nitrogen and oxygen atoms in total. The number of ether oxygens (including phenoxy) is 1. The number of rotatable bonds is 4. The third kappa shape index (κ3) is 3.37. The number of carbonyl (C=O) groups excluding carboxylic acids is 1. The fraction of sp³-hybridized carbons (Fsp3) is 0.960. The van der Waals surface area contributed by atoms with E-state index in [0.29, 0.717) is 41.4 Å². The zero-order valence-electron chi connectivity index (χ0n) is 18.9. The summed E-state index contributed by atoms with van der Waals surface area (Å²) in [5.41, 5.74) is 0.271. The molecule has 0 saturated heterocycles. The molecule has 4 fully saturated rings. The molecule has 0 aromatic heterocycles. The van der Waals surface area contributed by atoms with Gasteiger partial charge in [-0.15, -0.1) is 0 Å². The van der Waals surface area contributed by atoms with Crippen molar-refractivity contribution in [3.05, 3.63) is 0 Å². The molecule has 0 heterocycles. The van der Waals surface area contributed by atoms with Gasteiger partial charge in [0.05, 0.1) is 19.3 Å². The van der Waals surface area contributed by atoms with Crippen LogP contribution in [-0.2, 0) is 9.53 Å². The quantitative estimate of drug-likeness (QED) is 0.671. The first-order valence-corrected chi connectivity index (χ1v) is 12.1. The van der Waals surface area contributed by atoms with Crippen molar-refractivity contribution in [1.82, 2.24) is 0 Å². The van der Waals surface area contributed by atoms with Crippen LogP contribution in [0.15, 0.2) is 0 Å². The molecule has 0 aromatic rings. The Morgan fingerprint density at radius 3 is 2.55 bits per heavy atom. The Kier molecular flexibility index (Phi) is 5.83. The van der Waals surface area contributed by atoms with Crippen molar-refractivity contribution < 1.29 is 19.7 Å². The van der Waals surface area contributed by atoms with Crippen molar-refractivity contribution in [1.29, 1.82) is 0 Å². The van der Waals surface area contributed by atoms with Gasteiger partial charge in [0, 0.05) is 6.42 Å². The third-order valence-electron chi connectivity index (χ3n) is 10.5. The van der Waals surface area contributed by atoms with E-state index in [4.69, 9.17) is 4.74 Å². The zero-order chi connectivity index (χ0) is 21.0.